The van der Waals surface area contributed by atoms with Crippen LogP contribution >= 0.6 is 0 Å². The van der Waals surface area contributed by atoms with Gasteiger partial charge in [0.15, 0.2) is 0 Å². The number of aryl methyl sites for hydroxylation is 1. The predicted octanol–water partition coefficient (Wildman–Crippen LogP) is 2.67. The van der Waals surface area contributed by atoms with Crippen LogP contribution in [-0.2, 0) is 6.42 Å². The van der Waals surface area contributed by atoms with Crippen molar-refractivity contribution >= 4 is 0 Å². The standard InChI is InChI=1S/C14H15NO/c1-11-4-2-3-5-13(11)14(16)10-12-6-8-15-9-7-12/h2-9,14,16H,10H2,1H3. The van der Waals surface area contributed by atoms with Gasteiger partial charge in [0.05, 0.1) is 6.10 Å². The molecule has 2 heteroatoms. The van der Waals surface area contributed by atoms with Crippen molar-refractivity contribution in [2.45, 2.75) is 19.4 Å². The fourth-order valence-electron chi connectivity index (χ4n) is 1.81. The van der Waals surface area contributed by atoms with Crippen molar-refractivity contribution < 1.29 is 5.11 Å². The van der Waals surface area contributed by atoms with E-state index < -0.39 is 6.10 Å². The quantitative estimate of drug-likeness (QED) is 0.850. The molecule has 2 rings (SSSR count). The van der Waals surface area contributed by atoms with Crippen LogP contribution in [0.4, 0.5) is 0 Å². The number of aromatic nitrogens is 1. The third-order valence-electron chi connectivity index (χ3n) is 2.73. The number of aliphatic hydroxyl groups is 1. The van der Waals surface area contributed by atoms with Gasteiger partial charge in [-0.15, -0.1) is 0 Å². The smallest absolute Gasteiger partial charge is 0.0832 e. The van der Waals surface area contributed by atoms with Crippen molar-refractivity contribution in [2.24, 2.45) is 0 Å². The molecule has 0 saturated heterocycles. The fraction of sp³-hybridized carbons (Fsp3) is 0.214. The molecular formula is C14H15NO. The average Bonchev–Trinajstić information content (AvgIpc) is 2.31. The molecule has 0 radical (unpaired) electrons. The van der Waals surface area contributed by atoms with Crippen molar-refractivity contribution in [2.75, 3.05) is 0 Å². The van der Waals surface area contributed by atoms with Gasteiger partial charge >= 0.3 is 0 Å². The van der Waals surface area contributed by atoms with Gasteiger partial charge in [-0.25, -0.2) is 0 Å². The third-order valence-corrected chi connectivity index (χ3v) is 2.73. The summed E-state index contributed by atoms with van der Waals surface area (Å²) >= 11 is 0. The first-order valence-corrected chi connectivity index (χ1v) is 5.40. The minimum Gasteiger partial charge on any atom is -0.388 e. The first-order valence-electron chi connectivity index (χ1n) is 5.40. The zero-order chi connectivity index (χ0) is 11.4. The maximum atomic E-state index is 10.1. The minimum absolute atomic E-state index is 0.441. The summed E-state index contributed by atoms with van der Waals surface area (Å²) in [6.45, 7) is 2.02. The van der Waals surface area contributed by atoms with Crippen LogP contribution in [0.15, 0.2) is 48.8 Å². The summed E-state index contributed by atoms with van der Waals surface area (Å²) in [5.74, 6) is 0. The Labute approximate surface area is 95.6 Å². The second-order valence-corrected chi connectivity index (χ2v) is 3.93. The Balaban J connectivity index is 2.15. The average molecular weight is 213 g/mol. The van der Waals surface area contributed by atoms with E-state index in [1.807, 2.05) is 43.3 Å². The van der Waals surface area contributed by atoms with Crippen LogP contribution in [-0.4, -0.2) is 10.1 Å². The first kappa shape index (κ1) is 10.8. The Bertz CT molecular complexity index is 453. The maximum Gasteiger partial charge on any atom is 0.0832 e. The molecule has 1 N–H and O–H groups in total. The Morgan fingerprint density at radius 3 is 2.50 bits per heavy atom. The number of benzene rings is 1. The molecule has 2 nitrogen and oxygen atoms in total. The molecule has 0 aliphatic heterocycles. The zero-order valence-electron chi connectivity index (χ0n) is 9.30. The summed E-state index contributed by atoms with van der Waals surface area (Å²) in [7, 11) is 0. The zero-order valence-corrected chi connectivity index (χ0v) is 9.30. The molecule has 16 heavy (non-hydrogen) atoms. The van der Waals surface area contributed by atoms with Crippen molar-refractivity contribution in [1.82, 2.24) is 4.98 Å². The highest BCUT2D eigenvalue weighted by Gasteiger charge is 2.10. The van der Waals surface area contributed by atoms with E-state index in [4.69, 9.17) is 0 Å². The van der Waals surface area contributed by atoms with Crippen LogP contribution in [0.3, 0.4) is 0 Å². The molecule has 1 aromatic carbocycles. The van der Waals surface area contributed by atoms with E-state index >= 15 is 0 Å². The monoisotopic (exact) mass is 213 g/mol. The number of nitrogens with zero attached hydrogens (tertiary/aromatic N) is 1. The van der Waals surface area contributed by atoms with Crippen LogP contribution < -0.4 is 0 Å². The number of pyridine rings is 1. The van der Waals surface area contributed by atoms with Gasteiger partial charge in [0, 0.05) is 18.8 Å². The minimum atomic E-state index is -0.441. The van der Waals surface area contributed by atoms with Crippen molar-refractivity contribution in [3.05, 3.63) is 65.5 Å². The van der Waals surface area contributed by atoms with Crippen LogP contribution in [0.5, 0.6) is 0 Å². The molecule has 0 fully saturated rings. The van der Waals surface area contributed by atoms with Gasteiger partial charge in [-0.1, -0.05) is 24.3 Å². The summed E-state index contributed by atoms with van der Waals surface area (Å²) in [5.41, 5.74) is 3.23. The van der Waals surface area contributed by atoms with Crippen LogP contribution in [0, 0.1) is 6.92 Å². The van der Waals surface area contributed by atoms with Gasteiger partial charge < -0.3 is 5.11 Å². The van der Waals surface area contributed by atoms with Crippen LogP contribution in [0.2, 0.25) is 0 Å². The second kappa shape index (κ2) is 4.90. The van der Waals surface area contributed by atoms with Gasteiger partial charge in [0.25, 0.3) is 0 Å². The lowest BCUT2D eigenvalue weighted by molar-refractivity contribution is 0.177. The lowest BCUT2D eigenvalue weighted by Crippen LogP contribution is -2.03. The molecule has 1 unspecified atom stereocenters. The van der Waals surface area contributed by atoms with E-state index in [0.717, 1.165) is 16.7 Å². The van der Waals surface area contributed by atoms with Gasteiger partial charge in [-0.3, -0.25) is 4.98 Å². The largest absolute Gasteiger partial charge is 0.388 e. The molecule has 2 aromatic rings. The van der Waals surface area contributed by atoms with E-state index in [1.165, 1.54) is 0 Å². The first-order chi connectivity index (χ1) is 7.77. The molecule has 0 aliphatic rings. The highest BCUT2D eigenvalue weighted by molar-refractivity contribution is 5.29. The number of hydrogen-bond donors (Lipinski definition) is 1. The molecule has 0 bridgehead atoms. The van der Waals surface area contributed by atoms with Crippen LogP contribution in [0.25, 0.3) is 0 Å². The molecule has 0 amide bonds. The summed E-state index contributed by atoms with van der Waals surface area (Å²) in [6.07, 6.45) is 3.69. The molecule has 0 spiro atoms. The fourth-order valence-corrected chi connectivity index (χ4v) is 1.81. The maximum absolute atomic E-state index is 10.1. The molecule has 1 aromatic heterocycles. The highest BCUT2D eigenvalue weighted by atomic mass is 16.3. The van der Waals surface area contributed by atoms with Gasteiger partial charge in [-0.2, -0.15) is 0 Å². The lowest BCUT2D eigenvalue weighted by atomic mass is 9.98. The van der Waals surface area contributed by atoms with E-state index in [0.29, 0.717) is 6.42 Å². The van der Waals surface area contributed by atoms with Gasteiger partial charge in [-0.05, 0) is 35.7 Å². The second-order valence-electron chi connectivity index (χ2n) is 3.93. The number of rotatable bonds is 3. The molecule has 1 heterocycles. The van der Waals surface area contributed by atoms with E-state index in [-0.39, 0.29) is 0 Å². The Morgan fingerprint density at radius 1 is 1.12 bits per heavy atom. The molecular weight excluding hydrogens is 198 g/mol. The SMILES string of the molecule is Cc1ccccc1C(O)Cc1ccncc1. The van der Waals surface area contributed by atoms with Gasteiger partial charge in [0.2, 0.25) is 0 Å². The Morgan fingerprint density at radius 2 is 1.81 bits per heavy atom. The van der Waals surface area contributed by atoms with E-state index in [2.05, 4.69) is 4.98 Å². The summed E-state index contributed by atoms with van der Waals surface area (Å²) in [4.78, 5) is 3.96. The van der Waals surface area contributed by atoms with E-state index in [1.54, 1.807) is 12.4 Å². The predicted molar refractivity (Wildman–Crippen MR) is 64.1 cm³/mol. The topological polar surface area (TPSA) is 33.1 Å². The highest BCUT2D eigenvalue weighted by Crippen LogP contribution is 2.20. The van der Waals surface area contributed by atoms with Crippen molar-refractivity contribution in [3.8, 4) is 0 Å². The molecule has 0 aliphatic carbocycles. The summed E-state index contributed by atoms with van der Waals surface area (Å²) < 4.78 is 0. The molecule has 0 saturated carbocycles. The Hall–Kier alpha value is -1.67. The molecule has 1 atom stereocenters. The number of aliphatic hydroxyl groups excluding tert-OH is 1. The van der Waals surface area contributed by atoms with Gasteiger partial charge in [0.1, 0.15) is 0 Å². The van der Waals surface area contributed by atoms with E-state index in [9.17, 15) is 5.11 Å². The van der Waals surface area contributed by atoms with Crippen molar-refractivity contribution in [3.63, 3.8) is 0 Å². The summed E-state index contributed by atoms with van der Waals surface area (Å²) in [5, 5.41) is 10.1. The summed E-state index contributed by atoms with van der Waals surface area (Å²) in [6, 6.07) is 11.8. The normalized spacial score (nSPS) is 12.4. The van der Waals surface area contributed by atoms with Crippen LogP contribution in [0.1, 0.15) is 22.8 Å². The third kappa shape index (κ3) is 2.47. The molecule has 82 valence electrons. The van der Waals surface area contributed by atoms with Crippen molar-refractivity contribution in [1.29, 1.82) is 0 Å². The lowest BCUT2D eigenvalue weighted by Gasteiger charge is -2.13. The Kier molecular flexibility index (Phi) is 3.32. The number of hydrogen-bond acceptors (Lipinski definition) is 2.